The van der Waals surface area contributed by atoms with Crippen LogP contribution in [0.25, 0.3) is 0 Å². The van der Waals surface area contributed by atoms with E-state index in [0.29, 0.717) is 0 Å². The largest absolute Gasteiger partial charge is 0.313 e. The number of hydrogen-bond acceptors (Lipinski definition) is 1. The molecule has 58 valence electrons. The molecular weight excluding hydrogens is 122 g/mol. The second-order valence-corrected chi connectivity index (χ2v) is 3.44. The highest BCUT2D eigenvalue weighted by molar-refractivity contribution is 4.97. The fourth-order valence-corrected chi connectivity index (χ4v) is 1.19. The van der Waals surface area contributed by atoms with Gasteiger partial charge in [0.05, 0.1) is 0 Å². The lowest BCUT2D eigenvalue weighted by Crippen LogP contribution is -2.29. The van der Waals surface area contributed by atoms with E-state index >= 15 is 0 Å². The Kier molecular flexibility index (Phi) is 2.94. The van der Waals surface area contributed by atoms with Gasteiger partial charge >= 0.3 is 0 Å². The van der Waals surface area contributed by atoms with Crippen molar-refractivity contribution >= 4 is 0 Å². The fraction of sp³-hybridized carbons (Fsp3) is 0.778. The molecule has 0 aromatic carbocycles. The Morgan fingerprint density at radius 2 is 2.00 bits per heavy atom. The lowest BCUT2D eigenvalue weighted by Gasteiger charge is -2.13. The van der Waals surface area contributed by atoms with E-state index in [9.17, 15) is 0 Å². The molecule has 1 N–H and O–H groups in total. The SMILES string of the molecule is CC(C)CNC1CC=CC1. The van der Waals surface area contributed by atoms with Gasteiger partial charge in [-0.15, -0.1) is 0 Å². The van der Waals surface area contributed by atoms with E-state index < -0.39 is 0 Å². The average Bonchev–Trinajstić information content (AvgIpc) is 2.34. The summed E-state index contributed by atoms with van der Waals surface area (Å²) in [5.41, 5.74) is 0. The molecule has 0 atom stereocenters. The molecule has 0 heterocycles. The first-order valence-corrected chi connectivity index (χ1v) is 4.17. The standard InChI is InChI=1S/C9H17N/c1-8(2)7-10-9-5-3-4-6-9/h3-4,8-10H,5-7H2,1-2H3. The van der Waals surface area contributed by atoms with Crippen molar-refractivity contribution in [3.05, 3.63) is 12.2 Å². The first kappa shape index (κ1) is 7.80. The molecule has 0 spiro atoms. The van der Waals surface area contributed by atoms with Crippen molar-refractivity contribution in [1.82, 2.24) is 5.32 Å². The van der Waals surface area contributed by atoms with Gasteiger partial charge in [-0.05, 0) is 25.3 Å². The van der Waals surface area contributed by atoms with Crippen LogP contribution in [0.2, 0.25) is 0 Å². The van der Waals surface area contributed by atoms with Gasteiger partial charge in [0.15, 0.2) is 0 Å². The average molecular weight is 139 g/mol. The van der Waals surface area contributed by atoms with Crippen LogP contribution in [0, 0.1) is 5.92 Å². The third kappa shape index (κ3) is 2.53. The van der Waals surface area contributed by atoms with Crippen LogP contribution >= 0.6 is 0 Å². The lowest BCUT2D eigenvalue weighted by atomic mass is 10.2. The summed E-state index contributed by atoms with van der Waals surface area (Å²) in [6, 6.07) is 0.738. The maximum absolute atomic E-state index is 3.52. The molecule has 1 aliphatic carbocycles. The van der Waals surface area contributed by atoms with Gasteiger partial charge in [-0.3, -0.25) is 0 Å². The van der Waals surface area contributed by atoms with Crippen LogP contribution in [0.4, 0.5) is 0 Å². The van der Waals surface area contributed by atoms with E-state index in [-0.39, 0.29) is 0 Å². The van der Waals surface area contributed by atoms with Gasteiger partial charge in [0, 0.05) is 6.04 Å². The summed E-state index contributed by atoms with van der Waals surface area (Å²) in [5.74, 6) is 0.778. The van der Waals surface area contributed by atoms with Crippen LogP contribution in [0.15, 0.2) is 12.2 Å². The van der Waals surface area contributed by atoms with Crippen LogP contribution in [0.5, 0.6) is 0 Å². The van der Waals surface area contributed by atoms with Crippen molar-refractivity contribution in [3.8, 4) is 0 Å². The highest BCUT2D eigenvalue weighted by Gasteiger charge is 2.08. The molecule has 0 saturated carbocycles. The number of hydrogen-bond donors (Lipinski definition) is 1. The van der Waals surface area contributed by atoms with Crippen LogP contribution in [0.1, 0.15) is 26.7 Å². The van der Waals surface area contributed by atoms with E-state index in [1.165, 1.54) is 12.8 Å². The minimum absolute atomic E-state index is 0.738. The van der Waals surface area contributed by atoms with E-state index in [1.54, 1.807) is 0 Å². The highest BCUT2D eigenvalue weighted by atomic mass is 14.9. The maximum atomic E-state index is 3.52. The van der Waals surface area contributed by atoms with E-state index in [2.05, 4.69) is 31.3 Å². The quantitative estimate of drug-likeness (QED) is 0.589. The molecule has 1 rings (SSSR count). The van der Waals surface area contributed by atoms with Crippen LogP contribution in [0.3, 0.4) is 0 Å². The topological polar surface area (TPSA) is 12.0 Å². The predicted octanol–water partition coefficient (Wildman–Crippen LogP) is 1.95. The minimum Gasteiger partial charge on any atom is -0.313 e. The normalized spacial score (nSPS) is 19.1. The van der Waals surface area contributed by atoms with Crippen molar-refractivity contribution in [1.29, 1.82) is 0 Å². The Bertz CT molecular complexity index is 108. The van der Waals surface area contributed by atoms with Crippen molar-refractivity contribution in [2.24, 2.45) is 5.92 Å². The molecule has 0 saturated heterocycles. The zero-order valence-electron chi connectivity index (χ0n) is 6.93. The van der Waals surface area contributed by atoms with E-state index in [4.69, 9.17) is 0 Å². The van der Waals surface area contributed by atoms with Gasteiger partial charge in [0.25, 0.3) is 0 Å². The monoisotopic (exact) mass is 139 g/mol. The van der Waals surface area contributed by atoms with Crippen molar-refractivity contribution in [2.45, 2.75) is 32.7 Å². The van der Waals surface area contributed by atoms with Crippen molar-refractivity contribution < 1.29 is 0 Å². The van der Waals surface area contributed by atoms with Gasteiger partial charge in [0.1, 0.15) is 0 Å². The molecule has 0 fully saturated rings. The van der Waals surface area contributed by atoms with Crippen LogP contribution < -0.4 is 5.32 Å². The summed E-state index contributed by atoms with van der Waals surface area (Å²) in [6.45, 7) is 5.65. The first-order chi connectivity index (χ1) is 4.79. The summed E-state index contributed by atoms with van der Waals surface area (Å²) in [6.07, 6.45) is 6.98. The lowest BCUT2D eigenvalue weighted by molar-refractivity contribution is 0.477. The Morgan fingerprint density at radius 3 is 2.50 bits per heavy atom. The summed E-state index contributed by atoms with van der Waals surface area (Å²) in [4.78, 5) is 0. The van der Waals surface area contributed by atoms with Crippen LogP contribution in [-0.4, -0.2) is 12.6 Å². The van der Waals surface area contributed by atoms with Crippen molar-refractivity contribution in [3.63, 3.8) is 0 Å². The third-order valence-corrected chi connectivity index (χ3v) is 1.82. The first-order valence-electron chi connectivity index (χ1n) is 4.17. The van der Waals surface area contributed by atoms with E-state index in [0.717, 1.165) is 18.5 Å². The molecule has 1 nitrogen and oxygen atoms in total. The fourth-order valence-electron chi connectivity index (χ4n) is 1.19. The van der Waals surface area contributed by atoms with Crippen molar-refractivity contribution in [2.75, 3.05) is 6.54 Å². The number of nitrogens with one attached hydrogen (secondary N) is 1. The Labute approximate surface area is 63.5 Å². The third-order valence-electron chi connectivity index (χ3n) is 1.82. The van der Waals surface area contributed by atoms with E-state index in [1.807, 2.05) is 0 Å². The molecule has 0 aromatic heterocycles. The highest BCUT2D eigenvalue weighted by Crippen LogP contribution is 2.08. The second kappa shape index (κ2) is 3.77. The van der Waals surface area contributed by atoms with Gasteiger partial charge in [-0.2, -0.15) is 0 Å². The molecule has 0 aliphatic heterocycles. The van der Waals surface area contributed by atoms with Gasteiger partial charge in [-0.1, -0.05) is 26.0 Å². The van der Waals surface area contributed by atoms with Gasteiger partial charge < -0.3 is 5.32 Å². The molecule has 10 heavy (non-hydrogen) atoms. The molecule has 1 aliphatic rings. The van der Waals surface area contributed by atoms with Crippen LogP contribution in [-0.2, 0) is 0 Å². The van der Waals surface area contributed by atoms with Gasteiger partial charge in [0.2, 0.25) is 0 Å². The molecule has 0 amide bonds. The molecule has 0 radical (unpaired) electrons. The summed E-state index contributed by atoms with van der Waals surface area (Å²) < 4.78 is 0. The summed E-state index contributed by atoms with van der Waals surface area (Å²) in [5, 5.41) is 3.52. The minimum atomic E-state index is 0.738. The van der Waals surface area contributed by atoms with Gasteiger partial charge in [-0.25, -0.2) is 0 Å². The summed E-state index contributed by atoms with van der Waals surface area (Å²) in [7, 11) is 0. The molecule has 0 unspecified atom stereocenters. The smallest absolute Gasteiger partial charge is 0.0136 e. The zero-order valence-corrected chi connectivity index (χ0v) is 6.93. The molecular formula is C9H17N. The maximum Gasteiger partial charge on any atom is 0.0136 e. The zero-order chi connectivity index (χ0) is 7.40. The second-order valence-electron chi connectivity index (χ2n) is 3.44. The Hall–Kier alpha value is -0.300. The molecule has 1 heteroatoms. The summed E-state index contributed by atoms with van der Waals surface area (Å²) >= 11 is 0. The molecule has 0 aromatic rings. The Balaban J connectivity index is 2.03. The Morgan fingerprint density at radius 1 is 1.40 bits per heavy atom. The predicted molar refractivity (Wildman–Crippen MR) is 45.0 cm³/mol. The number of rotatable bonds is 3. The molecule has 0 bridgehead atoms.